The first-order chi connectivity index (χ1) is 11.4. The van der Waals surface area contributed by atoms with E-state index in [1.807, 2.05) is 55.5 Å². The molecule has 1 N–H and O–H groups in total. The Morgan fingerprint density at radius 1 is 1.21 bits per heavy atom. The molecule has 0 radical (unpaired) electrons. The van der Waals surface area contributed by atoms with E-state index < -0.39 is 0 Å². The van der Waals surface area contributed by atoms with E-state index in [9.17, 15) is 4.79 Å². The lowest BCUT2D eigenvalue weighted by Gasteiger charge is -2.38. The fourth-order valence-electron chi connectivity index (χ4n) is 3.06. The molecule has 0 saturated heterocycles. The standard InChI is InChI=1S/C21H23NO2/c1-15-9-11-19-17(13-15)18(14-21(2,3)24-19)22-20(23)12-10-16-7-5-4-6-8-16/h4-13,18H,14H2,1-3H3,(H,22,23)/b12-10+. The predicted octanol–water partition coefficient (Wildman–Crippen LogP) is 4.43. The molecule has 0 spiro atoms. The van der Waals surface area contributed by atoms with E-state index in [1.165, 1.54) is 0 Å². The van der Waals surface area contributed by atoms with Crippen LogP contribution in [0.15, 0.2) is 54.6 Å². The average molecular weight is 321 g/mol. The molecule has 1 aliphatic heterocycles. The molecule has 1 unspecified atom stereocenters. The number of hydrogen-bond acceptors (Lipinski definition) is 2. The molecule has 1 amide bonds. The summed E-state index contributed by atoms with van der Waals surface area (Å²) in [4.78, 5) is 12.4. The number of nitrogens with one attached hydrogen (secondary N) is 1. The van der Waals surface area contributed by atoms with Gasteiger partial charge in [-0.3, -0.25) is 4.79 Å². The summed E-state index contributed by atoms with van der Waals surface area (Å²) in [5, 5.41) is 3.12. The van der Waals surface area contributed by atoms with Gasteiger partial charge >= 0.3 is 0 Å². The second-order valence-electron chi connectivity index (χ2n) is 6.91. The summed E-state index contributed by atoms with van der Waals surface area (Å²) in [7, 11) is 0. The summed E-state index contributed by atoms with van der Waals surface area (Å²) in [5.74, 6) is 0.767. The van der Waals surface area contributed by atoms with Crippen LogP contribution in [-0.2, 0) is 4.79 Å². The van der Waals surface area contributed by atoms with Gasteiger partial charge in [0.1, 0.15) is 11.4 Å². The van der Waals surface area contributed by atoms with Crippen molar-refractivity contribution < 1.29 is 9.53 Å². The summed E-state index contributed by atoms with van der Waals surface area (Å²) >= 11 is 0. The Labute approximate surface area is 143 Å². The fourth-order valence-corrected chi connectivity index (χ4v) is 3.06. The van der Waals surface area contributed by atoms with Crippen LogP contribution in [0.4, 0.5) is 0 Å². The van der Waals surface area contributed by atoms with Gasteiger partial charge in [-0.1, -0.05) is 48.0 Å². The Balaban J connectivity index is 1.78. The minimum absolute atomic E-state index is 0.0448. The Kier molecular flexibility index (Phi) is 4.43. The van der Waals surface area contributed by atoms with Crippen LogP contribution < -0.4 is 10.1 Å². The van der Waals surface area contributed by atoms with Crippen LogP contribution in [0.2, 0.25) is 0 Å². The molecule has 124 valence electrons. The summed E-state index contributed by atoms with van der Waals surface area (Å²) in [6.07, 6.45) is 4.17. The molecule has 0 bridgehead atoms. The Morgan fingerprint density at radius 3 is 2.71 bits per heavy atom. The molecule has 0 saturated carbocycles. The molecule has 3 heteroatoms. The lowest BCUT2D eigenvalue weighted by Crippen LogP contribution is -2.41. The summed E-state index contributed by atoms with van der Waals surface area (Å²) in [6, 6.07) is 15.9. The summed E-state index contributed by atoms with van der Waals surface area (Å²) < 4.78 is 6.05. The SMILES string of the molecule is Cc1ccc2c(c1)C(NC(=O)/C=C/c1ccccc1)CC(C)(C)O2. The maximum Gasteiger partial charge on any atom is 0.244 e. The van der Waals surface area contributed by atoms with Crippen molar-refractivity contribution in [3.8, 4) is 5.75 Å². The Bertz CT molecular complexity index is 763. The number of carbonyl (C=O) groups excluding carboxylic acids is 1. The molecular weight excluding hydrogens is 298 g/mol. The highest BCUT2D eigenvalue weighted by molar-refractivity contribution is 5.92. The minimum Gasteiger partial charge on any atom is -0.487 e. The van der Waals surface area contributed by atoms with Crippen LogP contribution in [0, 0.1) is 6.92 Å². The van der Waals surface area contributed by atoms with Crippen molar-refractivity contribution in [3.63, 3.8) is 0 Å². The van der Waals surface area contributed by atoms with E-state index in [1.54, 1.807) is 6.08 Å². The first-order valence-electron chi connectivity index (χ1n) is 8.26. The topological polar surface area (TPSA) is 38.3 Å². The van der Waals surface area contributed by atoms with Crippen molar-refractivity contribution in [3.05, 3.63) is 71.3 Å². The quantitative estimate of drug-likeness (QED) is 0.850. The maximum atomic E-state index is 12.4. The van der Waals surface area contributed by atoms with Gasteiger partial charge < -0.3 is 10.1 Å². The smallest absolute Gasteiger partial charge is 0.244 e. The van der Waals surface area contributed by atoms with Crippen molar-refractivity contribution in [2.45, 2.75) is 38.8 Å². The molecule has 0 aliphatic carbocycles. The Morgan fingerprint density at radius 2 is 1.96 bits per heavy atom. The van der Waals surface area contributed by atoms with Crippen molar-refractivity contribution >= 4 is 12.0 Å². The van der Waals surface area contributed by atoms with E-state index in [2.05, 4.69) is 25.2 Å². The van der Waals surface area contributed by atoms with Gasteiger partial charge in [-0.2, -0.15) is 0 Å². The van der Waals surface area contributed by atoms with Gasteiger partial charge in [0.2, 0.25) is 5.91 Å². The number of fused-ring (bicyclic) bond motifs is 1. The van der Waals surface area contributed by atoms with E-state index in [4.69, 9.17) is 4.74 Å². The molecule has 1 atom stereocenters. The van der Waals surface area contributed by atoms with Crippen LogP contribution in [0.3, 0.4) is 0 Å². The first kappa shape index (κ1) is 16.3. The number of amides is 1. The molecule has 24 heavy (non-hydrogen) atoms. The largest absolute Gasteiger partial charge is 0.487 e. The van der Waals surface area contributed by atoms with Crippen LogP contribution in [-0.4, -0.2) is 11.5 Å². The van der Waals surface area contributed by atoms with Crippen LogP contribution >= 0.6 is 0 Å². The second kappa shape index (κ2) is 6.52. The lowest BCUT2D eigenvalue weighted by atomic mass is 9.89. The molecular formula is C21H23NO2. The lowest BCUT2D eigenvalue weighted by molar-refractivity contribution is -0.117. The third-order valence-electron chi connectivity index (χ3n) is 4.17. The molecule has 2 aromatic rings. The highest BCUT2D eigenvalue weighted by Crippen LogP contribution is 2.39. The van der Waals surface area contributed by atoms with Crippen LogP contribution in [0.5, 0.6) is 5.75 Å². The molecule has 1 heterocycles. The molecule has 3 rings (SSSR count). The highest BCUT2D eigenvalue weighted by Gasteiger charge is 2.34. The monoisotopic (exact) mass is 321 g/mol. The van der Waals surface area contributed by atoms with Crippen molar-refractivity contribution in [1.82, 2.24) is 5.32 Å². The average Bonchev–Trinajstić information content (AvgIpc) is 2.54. The van der Waals surface area contributed by atoms with Crippen LogP contribution in [0.1, 0.15) is 43.0 Å². The molecule has 0 aromatic heterocycles. The van der Waals surface area contributed by atoms with Crippen molar-refractivity contribution in [2.24, 2.45) is 0 Å². The van der Waals surface area contributed by atoms with Crippen molar-refractivity contribution in [2.75, 3.05) is 0 Å². The molecule has 1 aliphatic rings. The number of ether oxygens (including phenoxy) is 1. The normalized spacial score (nSPS) is 18.7. The predicted molar refractivity (Wildman–Crippen MR) is 96.9 cm³/mol. The van der Waals surface area contributed by atoms with E-state index >= 15 is 0 Å². The summed E-state index contributed by atoms with van der Waals surface area (Å²) in [5.41, 5.74) is 2.92. The highest BCUT2D eigenvalue weighted by atomic mass is 16.5. The zero-order valence-electron chi connectivity index (χ0n) is 14.4. The van der Waals surface area contributed by atoms with Gasteiger partial charge in [-0.05, 0) is 38.5 Å². The zero-order valence-corrected chi connectivity index (χ0v) is 14.4. The number of benzene rings is 2. The van der Waals surface area contributed by atoms with Crippen LogP contribution in [0.25, 0.3) is 6.08 Å². The number of hydrogen-bond donors (Lipinski definition) is 1. The minimum atomic E-state index is -0.302. The fraction of sp³-hybridized carbons (Fsp3) is 0.286. The number of carbonyl (C=O) groups is 1. The van der Waals surface area contributed by atoms with Gasteiger partial charge in [0.15, 0.2) is 0 Å². The number of aryl methyl sites for hydroxylation is 1. The molecule has 3 nitrogen and oxygen atoms in total. The van der Waals surface area contributed by atoms with E-state index in [-0.39, 0.29) is 17.6 Å². The molecule has 0 fully saturated rings. The Hall–Kier alpha value is -2.55. The van der Waals surface area contributed by atoms with E-state index in [0.717, 1.165) is 28.9 Å². The van der Waals surface area contributed by atoms with Gasteiger partial charge in [0.05, 0.1) is 6.04 Å². The maximum absolute atomic E-state index is 12.4. The van der Waals surface area contributed by atoms with E-state index in [0.29, 0.717) is 0 Å². The third-order valence-corrected chi connectivity index (χ3v) is 4.17. The molecule has 2 aromatic carbocycles. The number of rotatable bonds is 3. The second-order valence-corrected chi connectivity index (χ2v) is 6.91. The summed E-state index contributed by atoms with van der Waals surface area (Å²) in [6.45, 7) is 6.15. The van der Waals surface area contributed by atoms with Gasteiger partial charge in [0, 0.05) is 18.1 Å². The van der Waals surface area contributed by atoms with Crippen molar-refractivity contribution in [1.29, 1.82) is 0 Å². The third kappa shape index (κ3) is 3.85. The zero-order chi connectivity index (χ0) is 17.2. The van der Waals surface area contributed by atoms with Gasteiger partial charge in [-0.15, -0.1) is 0 Å². The van der Waals surface area contributed by atoms with Gasteiger partial charge in [-0.25, -0.2) is 0 Å². The van der Waals surface area contributed by atoms with Gasteiger partial charge in [0.25, 0.3) is 0 Å². The first-order valence-corrected chi connectivity index (χ1v) is 8.26.